The standard InChI is InChI=1S/C58H40O4S2/c59-51-41-23-35-19-31-11-3-4-12-32(31)20-36(35)24-42(41)52(60)45(51)27-39-29-47-49(57(39)15-7-1-8-16-57)55-56(63-47)50-48(64-55)30-40(58(50)17-9-2-10-18-58)28-46-53(61)43-25-37-21-33-13-5-6-14-34(33)22-38(37)26-44(43)54(46)62/h3-6,11-14,19-30H,1-2,7-10,15-18H2. The smallest absolute Gasteiger partial charge is 0.197 e. The summed E-state index contributed by atoms with van der Waals surface area (Å²) >= 11 is 3.74. The molecule has 308 valence electrons. The van der Waals surface area contributed by atoms with E-state index in [2.05, 4.69) is 60.7 Å². The van der Waals surface area contributed by atoms with Crippen LogP contribution in [0.5, 0.6) is 0 Å². The van der Waals surface area contributed by atoms with E-state index >= 15 is 0 Å². The molecule has 6 aliphatic rings. The van der Waals surface area contributed by atoms with Gasteiger partial charge in [0.2, 0.25) is 0 Å². The normalized spacial score (nSPS) is 19.4. The van der Waals surface area contributed by atoms with Crippen molar-refractivity contribution in [2.24, 2.45) is 0 Å². The van der Waals surface area contributed by atoms with E-state index in [1.165, 1.54) is 43.1 Å². The van der Waals surface area contributed by atoms with Crippen LogP contribution in [0.4, 0.5) is 0 Å². The van der Waals surface area contributed by atoms with Crippen LogP contribution in [0.15, 0.2) is 132 Å². The molecule has 0 atom stereocenters. The number of hydrogen-bond donors (Lipinski definition) is 0. The molecule has 14 rings (SSSR count). The average Bonchev–Trinajstić information content (AvgIpc) is 4.10. The van der Waals surface area contributed by atoms with Gasteiger partial charge in [0.25, 0.3) is 0 Å². The number of carbonyl (C=O) groups is 4. The molecule has 6 aromatic carbocycles. The number of carbonyl (C=O) groups excluding carboxylic acids is 4. The molecule has 6 heteroatoms. The molecule has 0 radical (unpaired) electrons. The topological polar surface area (TPSA) is 68.3 Å². The van der Waals surface area contributed by atoms with E-state index in [0.29, 0.717) is 22.3 Å². The summed E-state index contributed by atoms with van der Waals surface area (Å²) in [5.74, 6) is -0.694. The molecular weight excluding hydrogens is 825 g/mol. The Morgan fingerprint density at radius 3 is 1.02 bits per heavy atom. The minimum Gasteiger partial charge on any atom is -0.288 e. The van der Waals surface area contributed by atoms with Crippen molar-refractivity contribution in [3.63, 3.8) is 0 Å². The number of benzene rings is 6. The predicted octanol–water partition coefficient (Wildman–Crippen LogP) is 14.8. The molecule has 0 aliphatic heterocycles. The highest BCUT2D eigenvalue weighted by atomic mass is 32.1. The summed E-state index contributed by atoms with van der Waals surface area (Å²) in [6.07, 6.45) is 19.3. The summed E-state index contributed by atoms with van der Waals surface area (Å²) in [7, 11) is 0. The van der Waals surface area contributed by atoms with Crippen LogP contribution in [0.2, 0.25) is 0 Å². The van der Waals surface area contributed by atoms with E-state index in [4.69, 9.17) is 0 Å². The lowest BCUT2D eigenvalue weighted by Crippen LogP contribution is -2.29. The van der Waals surface area contributed by atoms with Crippen molar-refractivity contribution in [1.82, 2.24) is 0 Å². The number of hydrogen-bond acceptors (Lipinski definition) is 6. The van der Waals surface area contributed by atoms with Crippen molar-refractivity contribution in [3.8, 4) is 0 Å². The lowest BCUT2D eigenvalue weighted by atomic mass is 9.66. The van der Waals surface area contributed by atoms with Crippen LogP contribution >= 0.6 is 22.7 Å². The minimum absolute atomic E-state index is 0.174. The summed E-state index contributed by atoms with van der Waals surface area (Å²) in [6.45, 7) is 0. The van der Waals surface area contributed by atoms with Crippen molar-refractivity contribution >= 4 is 110 Å². The van der Waals surface area contributed by atoms with Gasteiger partial charge in [-0.3, -0.25) is 19.2 Å². The number of ketones is 4. The molecule has 64 heavy (non-hydrogen) atoms. The first-order valence-electron chi connectivity index (χ1n) is 22.9. The monoisotopic (exact) mass is 864 g/mol. The third-order valence-corrected chi connectivity index (χ3v) is 18.3. The largest absolute Gasteiger partial charge is 0.288 e. The quantitative estimate of drug-likeness (QED) is 0.0986. The van der Waals surface area contributed by atoms with E-state index in [1.54, 1.807) is 0 Å². The number of fused-ring (bicyclic) bond motifs is 13. The summed E-state index contributed by atoms with van der Waals surface area (Å²) in [6, 6.07) is 32.6. The van der Waals surface area contributed by atoms with Gasteiger partial charge < -0.3 is 0 Å². The Labute approximate surface area is 377 Å². The van der Waals surface area contributed by atoms with Gasteiger partial charge in [0.1, 0.15) is 0 Å². The van der Waals surface area contributed by atoms with Crippen LogP contribution in [0, 0.1) is 0 Å². The van der Waals surface area contributed by atoms with Crippen molar-refractivity contribution in [2.75, 3.05) is 0 Å². The second-order valence-electron chi connectivity index (χ2n) is 19.1. The lowest BCUT2D eigenvalue weighted by Gasteiger charge is -2.37. The number of thiophene rings is 2. The Morgan fingerprint density at radius 1 is 0.391 bits per heavy atom. The highest BCUT2D eigenvalue weighted by molar-refractivity contribution is 7.29. The molecule has 0 N–H and O–H groups in total. The maximum atomic E-state index is 14.3. The predicted molar refractivity (Wildman–Crippen MR) is 262 cm³/mol. The van der Waals surface area contributed by atoms with Gasteiger partial charge in [-0.25, -0.2) is 0 Å². The SMILES string of the molecule is O=C1C(=CC2=Cc3sc4c5c(sc4c3C23CCCCC3)C=C(C=C2C(=O)c3cc4cc6ccccc6cc4cc3C2=O)C52CCCCC2)C(=O)c2cc3cc4ccccc4cc3cc21. The van der Waals surface area contributed by atoms with Gasteiger partial charge >= 0.3 is 0 Å². The lowest BCUT2D eigenvalue weighted by molar-refractivity contribution is 0.0973. The summed E-state index contributed by atoms with van der Waals surface area (Å²) in [4.78, 5) is 59.5. The second-order valence-corrected chi connectivity index (χ2v) is 21.3. The van der Waals surface area contributed by atoms with Crippen molar-refractivity contribution in [2.45, 2.75) is 75.0 Å². The molecule has 2 aromatic heterocycles. The Kier molecular flexibility index (Phi) is 7.60. The second kappa shape index (κ2) is 13.1. The summed E-state index contributed by atoms with van der Waals surface area (Å²) in [5, 5.41) is 8.33. The molecule has 0 saturated heterocycles. The van der Waals surface area contributed by atoms with E-state index < -0.39 is 0 Å². The molecule has 2 saturated carbocycles. The highest BCUT2D eigenvalue weighted by Crippen LogP contribution is 2.63. The molecule has 0 amide bonds. The first kappa shape index (κ1) is 37.1. The molecule has 8 aromatic rings. The minimum atomic E-state index is -0.257. The molecule has 2 heterocycles. The average molecular weight is 865 g/mol. The van der Waals surface area contributed by atoms with E-state index in [9.17, 15) is 19.2 Å². The maximum Gasteiger partial charge on any atom is 0.197 e. The first-order valence-corrected chi connectivity index (χ1v) is 24.5. The van der Waals surface area contributed by atoms with Gasteiger partial charge in [0.15, 0.2) is 23.1 Å². The molecule has 4 nitrogen and oxygen atoms in total. The fourth-order valence-electron chi connectivity index (χ4n) is 12.8. The molecule has 0 unspecified atom stereocenters. The number of rotatable bonds is 2. The zero-order valence-corrected chi connectivity index (χ0v) is 36.7. The van der Waals surface area contributed by atoms with Crippen molar-refractivity contribution in [3.05, 3.63) is 175 Å². The molecule has 2 fully saturated rings. The van der Waals surface area contributed by atoms with Gasteiger partial charge in [-0.05, 0) is 164 Å². The van der Waals surface area contributed by atoms with Crippen LogP contribution in [0.25, 0.3) is 64.6 Å². The summed E-state index contributed by atoms with van der Waals surface area (Å²) in [5.41, 5.74) is 7.07. The summed E-state index contributed by atoms with van der Waals surface area (Å²) < 4.78 is 2.68. The molecule has 2 spiro atoms. The third-order valence-electron chi connectivity index (χ3n) is 15.9. The Balaban J connectivity index is 0.859. The highest BCUT2D eigenvalue weighted by Gasteiger charge is 2.50. The molecule has 6 aliphatic carbocycles. The zero-order chi connectivity index (χ0) is 42.6. The third kappa shape index (κ3) is 4.93. The van der Waals surface area contributed by atoms with E-state index in [1.807, 2.05) is 83.4 Å². The van der Waals surface area contributed by atoms with Crippen molar-refractivity contribution in [1.29, 1.82) is 0 Å². The van der Waals surface area contributed by atoms with Gasteiger partial charge in [0, 0.05) is 42.8 Å². The first-order chi connectivity index (χ1) is 31.3. The van der Waals surface area contributed by atoms with Gasteiger partial charge in [0.05, 0.1) is 20.5 Å². The van der Waals surface area contributed by atoms with Gasteiger partial charge in [-0.1, -0.05) is 87.1 Å². The maximum absolute atomic E-state index is 14.3. The Morgan fingerprint density at radius 2 is 0.703 bits per heavy atom. The zero-order valence-electron chi connectivity index (χ0n) is 35.1. The van der Waals surface area contributed by atoms with Gasteiger partial charge in [-0.2, -0.15) is 0 Å². The van der Waals surface area contributed by atoms with Crippen LogP contribution in [0.1, 0.15) is 127 Å². The van der Waals surface area contributed by atoms with Crippen LogP contribution in [-0.4, -0.2) is 23.1 Å². The Hall–Kier alpha value is -6.34. The molecule has 0 bridgehead atoms. The number of allylic oxidation sites excluding steroid dienone is 6. The van der Waals surface area contributed by atoms with Crippen LogP contribution < -0.4 is 0 Å². The van der Waals surface area contributed by atoms with E-state index in [0.717, 1.165) is 106 Å². The fraction of sp³-hybridized carbons (Fsp3) is 0.207. The van der Waals surface area contributed by atoms with Crippen LogP contribution in [0.3, 0.4) is 0 Å². The fourth-order valence-corrected chi connectivity index (χ4v) is 16.0. The van der Waals surface area contributed by atoms with Gasteiger partial charge in [-0.15, -0.1) is 22.7 Å². The van der Waals surface area contributed by atoms with E-state index in [-0.39, 0.29) is 45.1 Å². The number of Topliss-reactive ketones (excluding diaryl/α,β-unsaturated/α-hetero) is 4. The Bertz CT molecular complexity index is 3300. The molecular formula is C58H40O4S2. The van der Waals surface area contributed by atoms with Crippen LogP contribution in [-0.2, 0) is 10.8 Å². The van der Waals surface area contributed by atoms with Crippen molar-refractivity contribution < 1.29 is 19.2 Å².